The number of hydrogen-bond donors (Lipinski definition) is 1. The Morgan fingerprint density at radius 2 is 2.09 bits per heavy atom. The van der Waals surface area contributed by atoms with Gasteiger partial charge in [-0.1, -0.05) is 30.0 Å². The van der Waals surface area contributed by atoms with E-state index in [2.05, 4.69) is 17.2 Å². The standard InChI is InChI=1S/C17H15N3OS2/c1-20-14-10(9-19-20)7-8-12-13(14)17(23-15(12)16(18)21)22-11-5-3-2-4-6-11/h2-6,9H,7-8H2,1H3,(H2,18,21). The lowest BCUT2D eigenvalue weighted by atomic mass is 9.92. The Morgan fingerprint density at radius 1 is 1.30 bits per heavy atom. The number of aromatic nitrogens is 2. The van der Waals surface area contributed by atoms with Gasteiger partial charge in [-0.25, -0.2) is 0 Å². The molecule has 6 heteroatoms. The molecule has 23 heavy (non-hydrogen) atoms. The number of benzene rings is 1. The van der Waals surface area contributed by atoms with Crippen LogP contribution >= 0.6 is 23.1 Å². The van der Waals surface area contributed by atoms with Gasteiger partial charge in [0.2, 0.25) is 0 Å². The van der Waals surface area contributed by atoms with Crippen molar-refractivity contribution in [2.75, 3.05) is 0 Å². The van der Waals surface area contributed by atoms with Crippen molar-refractivity contribution in [3.05, 3.63) is 52.5 Å². The molecule has 1 aliphatic carbocycles. The molecule has 0 fully saturated rings. The molecule has 1 amide bonds. The minimum absolute atomic E-state index is 0.336. The Labute approximate surface area is 142 Å². The number of primary amides is 1. The average Bonchev–Trinajstić information content (AvgIpc) is 3.10. The van der Waals surface area contributed by atoms with Crippen LogP contribution in [0.15, 0.2) is 45.6 Å². The first-order valence-corrected chi connectivity index (χ1v) is 8.98. The van der Waals surface area contributed by atoms with Crippen LogP contribution in [0, 0.1) is 0 Å². The molecule has 116 valence electrons. The van der Waals surface area contributed by atoms with Crippen LogP contribution in [-0.2, 0) is 19.9 Å². The molecule has 1 aliphatic rings. The monoisotopic (exact) mass is 341 g/mol. The lowest BCUT2D eigenvalue weighted by Gasteiger charge is -2.16. The quantitative estimate of drug-likeness (QED) is 0.793. The molecule has 0 aliphatic heterocycles. The highest BCUT2D eigenvalue weighted by Crippen LogP contribution is 2.48. The average molecular weight is 341 g/mol. The summed E-state index contributed by atoms with van der Waals surface area (Å²) in [4.78, 5) is 13.7. The molecule has 0 atom stereocenters. The topological polar surface area (TPSA) is 60.9 Å². The molecule has 2 heterocycles. The van der Waals surface area contributed by atoms with Crippen LogP contribution in [0.4, 0.5) is 0 Å². The lowest BCUT2D eigenvalue weighted by Crippen LogP contribution is -2.13. The fourth-order valence-corrected chi connectivity index (χ4v) is 5.50. The van der Waals surface area contributed by atoms with E-state index in [9.17, 15) is 4.79 Å². The van der Waals surface area contributed by atoms with E-state index < -0.39 is 0 Å². The number of rotatable bonds is 3. The number of aryl methyl sites for hydroxylation is 2. The summed E-state index contributed by atoms with van der Waals surface area (Å²) >= 11 is 3.19. The Kier molecular flexibility index (Phi) is 3.50. The second-order valence-electron chi connectivity index (χ2n) is 5.49. The van der Waals surface area contributed by atoms with Gasteiger partial charge in [-0.05, 0) is 36.1 Å². The first-order valence-electron chi connectivity index (χ1n) is 7.34. The van der Waals surface area contributed by atoms with Gasteiger partial charge in [0, 0.05) is 17.5 Å². The predicted octanol–water partition coefficient (Wildman–Crippen LogP) is 3.50. The highest BCUT2D eigenvalue weighted by Gasteiger charge is 2.29. The van der Waals surface area contributed by atoms with Crippen molar-refractivity contribution >= 4 is 29.0 Å². The molecule has 4 nitrogen and oxygen atoms in total. The second kappa shape index (κ2) is 5.54. The highest BCUT2D eigenvalue weighted by molar-refractivity contribution is 8.01. The predicted molar refractivity (Wildman–Crippen MR) is 93.0 cm³/mol. The van der Waals surface area contributed by atoms with E-state index in [-0.39, 0.29) is 5.91 Å². The number of fused-ring (bicyclic) bond motifs is 3. The fraction of sp³-hybridized carbons (Fsp3) is 0.176. The minimum Gasteiger partial charge on any atom is -0.365 e. The molecular weight excluding hydrogens is 326 g/mol. The van der Waals surface area contributed by atoms with Crippen LogP contribution in [0.25, 0.3) is 11.3 Å². The van der Waals surface area contributed by atoms with Crippen LogP contribution in [0.5, 0.6) is 0 Å². The third-order valence-corrected chi connectivity index (χ3v) is 6.49. The highest BCUT2D eigenvalue weighted by atomic mass is 32.2. The van der Waals surface area contributed by atoms with Gasteiger partial charge in [-0.3, -0.25) is 9.48 Å². The summed E-state index contributed by atoms with van der Waals surface area (Å²) in [6, 6.07) is 10.2. The smallest absolute Gasteiger partial charge is 0.259 e. The van der Waals surface area contributed by atoms with E-state index in [1.807, 2.05) is 36.1 Å². The Balaban J connectivity index is 1.91. The fourth-order valence-electron chi connectivity index (χ4n) is 3.03. The summed E-state index contributed by atoms with van der Waals surface area (Å²) in [5.41, 5.74) is 10.2. The zero-order valence-electron chi connectivity index (χ0n) is 12.6. The third-order valence-electron chi connectivity index (χ3n) is 4.05. The summed E-state index contributed by atoms with van der Waals surface area (Å²) in [5.74, 6) is -0.336. The maximum atomic E-state index is 11.9. The Bertz CT molecular complexity index is 896. The normalized spacial score (nSPS) is 12.7. The van der Waals surface area contributed by atoms with Gasteiger partial charge in [-0.15, -0.1) is 11.3 Å². The van der Waals surface area contributed by atoms with Crippen LogP contribution in [-0.4, -0.2) is 15.7 Å². The van der Waals surface area contributed by atoms with Gasteiger partial charge in [0.05, 0.1) is 21.0 Å². The molecule has 0 spiro atoms. The van der Waals surface area contributed by atoms with Crippen molar-refractivity contribution in [1.29, 1.82) is 0 Å². The van der Waals surface area contributed by atoms with Crippen LogP contribution in [0.1, 0.15) is 20.8 Å². The van der Waals surface area contributed by atoms with E-state index in [1.165, 1.54) is 16.9 Å². The third kappa shape index (κ3) is 2.38. The van der Waals surface area contributed by atoms with Crippen molar-refractivity contribution in [2.45, 2.75) is 21.9 Å². The van der Waals surface area contributed by atoms with Crippen LogP contribution in [0.2, 0.25) is 0 Å². The molecule has 0 radical (unpaired) electrons. The molecule has 2 aromatic heterocycles. The van der Waals surface area contributed by atoms with Gasteiger partial charge >= 0.3 is 0 Å². The maximum Gasteiger partial charge on any atom is 0.259 e. The number of thiophene rings is 1. The van der Waals surface area contributed by atoms with Crippen LogP contribution in [0.3, 0.4) is 0 Å². The van der Waals surface area contributed by atoms with Crippen molar-refractivity contribution in [3.63, 3.8) is 0 Å². The van der Waals surface area contributed by atoms with Gasteiger partial charge in [-0.2, -0.15) is 5.10 Å². The Morgan fingerprint density at radius 3 is 2.83 bits per heavy atom. The number of carbonyl (C=O) groups is 1. The lowest BCUT2D eigenvalue weighted by molar-refractivity contribution is 0.100. The number of amides is 1. The molecule has 3 aromatic rings. The van der Waals surface area contributed by atoms with Gasteiger partial charge in [0.15, 0.2) is 0 Å². The molecule has 2 N–H and O–H groups in total. The minimum atomic E-state index is -0.336. The van der Waals surface area contributed by atoms with E-state index in [4.69, 9.17) is 5.73 Å². The first kappa shape index (κ1) is 14.5. The largest absolute Gasteiger partial charge is 0.365 e. The summed E-state index contributed by atoms with van der Waals surface area (Å²) in [7, 11) is 1.95. The summed E-state index contributed by atoms with van der Waals surface area (Å²) in [5, 5.41) is 4.40. The molecule has 0 saturated heterocycles. The van der Waals surface area contributed by atoms with E-state index in [1.54, 1.807) is 11.8 Å². The molecule has 0 unspecified atom stereocenters. The zero-order valence-corrected chi connectivity index (χ0v) is 14.2. The molecule has 1 aromatic carbocycles. The molecule has 0 bridgehead atoms. The van der Waals surface area contributed by atoms with E-state index in [0.29, 0.717) is 4.88 Å². The Hall–Kier alpha value is -2.05. The van der Waals surface area contributed by atoms with Gasteiger partial charge in [0.1, 0.15) is 0 Å². The summed E-state index contributed by atoms with van der Waals surface area (Å²) in [6.07, 6.45) is 3.68. The van der Waals surface area contributed by atoms with Crippen molar-refractivity contribution < 1.29 is 4.79 Å². The van der Waals surface area contributed by atoms with Crippen molar-refractivity contribution in [1.82, 2.24) is 9.78 Å². The SMILES string of the molecule is Cn1ncc2c1-c1c(Sc3ccccc3)sc(C(N)=O)c1CC2. The summed E-state index contributed by atoms with van der Waals surface area (Å²) in [6.45, 7) is 0. The van der Waals surface area contributed by atoms with E-state index >= 15 is 0 Å². The molecule has 4 rings (SSSR count). The maximum absolute atomic E-state index is 11.9. The van der Waals surface area contributed by atoms with Gasteiger partial charge in [0.25, 0.3) is 5.91 Å². The first-order chi connectivity index (χ1) is 11.1. The number of nitrogens with two attached hydrogens (primary N) is 1. The molecular formula is C17H15N3OS2. The van der Waals surface area contributed by atoms with Crippen molar-refractivity contribution in [2.24, 2.45) is 12.8 Å². The van der Waals surface area contributed by atoms with Crippen molar-refractivity contribution in [3.8, 4) is 11.3 Å². The second-order valence-corrected chi connectivity index (χ2v) is 7.86. The van der Waals surface area contributed by atoms with E-state index in [0.717, 1.165) is 38.8 Å². The molecule has 0 saturated carbocycles. The number of carbonyl (C=O) groups excluding carboxylic acids is 1. The number of hydrogen-bond acceptors (Lipinski definition) is 4. The zero-order chi connectivity index (χ0) is 16.0. The summed E-state index contributed by atoms with van der Waals surface area (Å²) < 4.78 is 3.02. The number of nitrogens with zero attached hydrogens (tertiary/aromatic N) is 2. The van der Waals surface area contributed by atoms with Crippen LogP contribution < -0.4 is 5.73 Å². The van der Waals surface area contributed by atoms with Gasteiger partial charge < -0.3 is 5.73 Å².